The van der Waals surface area contributed by atoms with Crippen LogP contribution in [0.3, 0.4) is 0 Å². The molecule has 0 saturated carbocycles. The Morgan fingerprint density at radius 1 is 0.722 bits per heavy atom. The van der Waals surface area contributed by atoms with Crippen molar-refractivity contribution in [3.63, 3.8) is 0 Å². The van der Waals surface area contributed by atoms with Crippen molar-refractivity contribution in [1.82, 2.24) is 24.5 Å². The summed E-state index contributed by atoms with van der Waals surface area (Å²) in [5.41, 5.74) is 4.04. The molecule has 0 aliphatic rings. The van der Waals surface area contributed by atoms with Gasteiger partial charge in [-0.2, -0.15) is 10.2 Å². The summed E-state index contributed by atoms with van der Waals surface area (Å²) in [5.74, 6) is 1.76. The van der Waals surface area contributed by atoms with Gasteiger partial charge in [-0.25, -0.2) is 0 Å². The molecule has 192 valence electrons. The van der Waals surface area contributed by atoms with Gasteiger partial charge in [0.05, 0.1) is 15.6 Å². The lowest BCUT2D eigenvalue weighted by molar-refractivity contribution is 0.261. The molecule has 0 N–H and O–H groups in total. The van der Waals surface area contributed by atoms with Crippen LogP contribution in [0.15, 0.2) is 69.9 Å². The molecule has 36 heavy (non-hydrogen) atoms. The average molecular weight is 684 g/mol. The van der Waals surface area contributed by atoms with Gasteiger partial charge in [0.2, 0.25) is 0 Å². The standard InChI is InChI=1S/C14H18BrN3O.C12H12Br2N2O/c1-17(2)8-9-19-12-6-4-11(5-7-12)14-13(15)10-18(3)16-14;1-16-8-11(14)12(15-16)9-2-4-10(5-3-9)17-7-6-13/h4-7,10H,8-9H2,1-3H3;2-5,8H,6-7H2,1H3. The molecule has 0 aliphatic carbocycles. The third-order valence-electron chi connectivity index (χ3n) is 4.98. The number of aromatic nitrogens is 4. The minimum Gasteiger partial charge on any atom is -0.493 e. The van der Waals surface area contributed by atoms with E-state index in [2.05, 4.69) is 62.9 Å². The summed E-state index contributed by atoms with van der Waals surface area (Å²) in [6.45, 7) is 2.28. The molecule has 4 rings (SSSR count). The van der Waals surface area contributed by atoms with Gasteiger partial charge in [0.1, 0.15) is 29.5 Å². The minimum absolute atomic E-state index is 0.673. The Kier molecular flexibility index (Phi) is 11.0. The average Bonchev–Trinajstić information content (AvgIpc) is 3.37. The number of likely N-dealkylation sites (N-methyl/N-ethyl adjacent to an activating group) is 1. The van der Waals surface area contributed by atoms with Gasteiger partial charge in [-0.3, -0.25) is 9.36 Å². The zero-order valence-corrected chi connectivity index (χ0v) is 25.5. The van der Waals surface area contributed by atoms with Crippen LogP contribution in [-0.2, 0) is 14.1 Å². The summed E-state index contributed by atoms with van der Waals surface area (Å²) in [6.07, 6.45) is 3.88. The van der Waals surface area contributed by atoms with Crippen LogP contribution in [0.4, 0.5) is 0 Å². The van der Waals surface area contributed by atoms with Crippen molar-refractivity contribution in [2.24, 2.45) is 14.1 Å². The molecule has 2 aromatic carbocycles. The summed E-state index contributed by atoms with van der Waals surface area (Å²) in [5, 5.41) is 9.65. The molecule has 0 spiro atoms. The molecule has 0 radical (unpaired) electrons. The maximum Gasteiger partial charge on any atom is 0.119 e. The van der Waals surface area contributed by atoms with Crippen molar-refractivity contribution in [2.45, 2.75) is 0 Å². The van der Waals surface area contributed by atoms with Crippen LogP contribution in [0.2, 0.25) is 0 Å². The van der Waals surface area contributed by atoms with Crippen LogP contribution in [-0.4, -0.2) is 63.6 Å². The number of halogens is 3. The van der Waals surface area contributed by atoms with E-state index < -0.39 is 0 Å². The highest BCUT2D eigenvalue weighted by atomic mass is 79.9. The summed E-state index contributed by atoms with van der Waals surface area (Å²) < 4.78 is 16.7. The molecule has 4 aromatic rings. The highest BCUT2D eigenvalue weighted by Gasteiger charge is 2.08. The first-order valence-electron chi connectivity index (χ1n) is 11.3. The highest BCUT2D eigenvalue weighted by Crippen LogP contribution is 2.28. The fourth-order valence-corrected chi connectivity index (χ4v) is 4.60. The first kappa shape index (κ1) is 28.4. The second-order valence-corrected chi connectivity index (χ2v) is 10.7. The van der Waals surface area contributed by atoms with Crippen LogP contribution in [0, 0.1) is 0 Å². The van der Waals surface area contributed by atoms with Crippen LogP contribution < -0.4 is 9.47 Å². The lowest BCUT2D eigenvalue weighted by atomic mass is 10.1. The molecule has 0 bridgehead atoms. The van der Waals surface area contributed by atoms with Gasteiger partial charge >= 0.3 is 0 Å². The Morgan fingerprint density at radius 2 is 1.14 bits per heavy atom. The van der Waals surface area contributed by atoms with E-state index in [4.69, 9.17) is 9.47 Å². The van der Waals surface area contributed by atoms with Gasteiger partial charge in [0, 0.05) is 49.5 Å². The van der Waals surface area contributed by atoms with E-state index in [1.54, 1.807) is 9.36 Å². The number of benzene rings is 2. The number of ether oxygens (including phenoxy) is 2. The van der Waals surface area contributed by atoms with Crippen molar-refractivity contribution in [1.29, 1.82) is 0 Å². The molecule has 2 heterocycles. The third kappa shape index (κ3) is 8.47. The van der Waals surface area contributed by atoms with E-state index in [9.17, 15) is 0 Å². The predicted molar refractivity (Wildman–Crippen MR) is 156 cm³/mol. The molecule has 7 nitrogen and oxygen atoms in total. The van der Waals surface area contributed by atoms with Crippen molar-refractivity contribution < 1.29 is 9.47 Å². The molecule has 0 amide bonds. The van der Waals surface area contributed by atoms with E-state index in [0.717, 1.165) is 54.8 Å². The van der Waals surface area contributed by atoms with Crippen molar-refractivity contribution in [3.8, 4) is 34.0 Å². The molecular formula is C26H30Br3N5O2. The van der Waals surface area contributed by atoms with Gasteiger partial charge in [0.25, 0.3) is 0 Å². The van der Waals surface area contributed by atoms with Gasteiger partial charge in [-0.05, 0) is 94.5 Å². The maximum absolute atomic E-state index is 5.66. The Balaban J connectivity index is 0.000000202. The number of hydrogen-bond acceptors (Lipinski definition) is 5. The van der Waals surface area contributed by atoms with Crippen LogP contribution >= 0.6 is 47.8 Å². The zero-order chi connectivity index (χ0) is 26.1. The quantitative estimate of drug-likeness (QED) is 0.191. The Labute approximate surface area is 237 Å². The topological polar surface area (TPSA) is 57.3 Å². The Morgan fingerprint density at radius 3 is 1.47 bits per heavy atom. The number of rotatable bonds is 9. The number of aryl methyl sites for hydroxylation is 2. The Hall–Kier alpha value is -2.14. The van der Waals surface area contributed by atoms with Crippen LogP contribution in [0.1, 0.15) is 0 Å². The highest BCUT2D eigenvalue weighted by molar-refractivity contribution is 9.11. The van der Waals surface area contributed by atoms with Crippen molar-refractivity contribution >= 4 is 47.8 Å². The molecular weight excluding hydrogens is 654 g/mol. The lowest BCUT2D eigenvalue weighted by Crippen LogP contribution is -2.19. The third-order valence-corrected chi connectivity index (χ3v) is 6.46. The van der Waals surface area contributed by atoms with E-state index in [-0.39, 0.29) is 0 Å². The van der Waals surface area contributed by atoms with Gasteiger partial charge in [-0.1, -0.05) is 15.9 Å². The molecule has 0 aliphatic heterocycles. The summed E-state index contributed by atoms with van der Waals surface area (Å²) in [6, 6.07) is 15.9. The van der Waals surface area contributed by atoms with E-state index >= 15 is 0 Å². The number of alkyl halides is 1. The molecule has 0 unspecified atom stereocenters. The van der Waals surface area contributed by atoms with Gasteiger partial charge in [-0.15, -0.1) is 0 Å². The van der Waals surface area contributed by atoms with Crippen molar-refractivity contribution in [3.05, 3.63) is 69.9 Å². The largest absolute Gasteiger partial charge is 0.493 e. The minimum atomic E-state index is 0.673. The predicted octanol–water partition coefficient (Wildman–Crippen LogP) is 6.41. The Bertz CT molecular complexity index is 1220. The van der Waals surface area contributed by atoms with Crippen LogP contribution in [0.25, 0.3) is 22.5 Å². The molecule has 0 atom stereocenters. The maximum atomic E-state index is 5.66. The fourth-order valence-electron chi connectivity index (χ4n) is 3.23. The summed E-state index contributed by atoms with van der Waals surface area (Å²) in [4.78, 5) is 2.10. The fraction of sp³-hybridized carbons (Fsp3) is 0.308. The first-order valence-corrected chi connectivity index (χ1v) is 14.0. The van der Waals surface area contributed by atoms with Gasteiger partial charge < -0.3 is 14.4 Å². The van der Waals surface area contributed by atoms with E-state index in [0.29, 0.717) is 13.2 Å². The SMILES string of the molecule is CN(C)CCOc1ccc(-c2nn(C)cc2Br)cc1.Cn1cc(Br)c(-c2ccc(OCCBr)cc2)n1. The number of nitrogens with zero attached hydrogens (tertiary/aromatic N) is 5. The molecule has 2 aromatic heterocycles. The van der Waals surface area contributed by atoms with Crippen molar-refractivity contribution in [2.75, 3.05) is 39.2 Å². The second-order valence-electron chi connectivity index (χ2n) is 8.24. The normalized spacial score (nSPS) is 10.8. The molecule has 0 fully saturated rings. The number of hydrogen-bond donors (Lipinski definition) is 0. The zero-order valence-electron chi connectivity index (χ0n) is 20.8. The lowest BCUT2D eigenvalue weighted by Gasteiger charge is -2.11. The van der Waals surface area contributed by atoms with E-state index in [1.807, 2.05) is 89.1 Å². The summed E-state index contributed by atoms with van der Waals surface area (Å²) in [7, 11) is 7.88. The molecule has 10 heteroatoms. The monoisotopic (exact) mass is 681 g/mol. The van der Waals surface area contributed by atoms with Crippen LogP contribution in [0.5, 0.6) is 11.5 Å². The first-order chi connectivity index (χ1) is 17.3. The smallest absolute Gasteiger partial charge is 0.119 e. The molecule has 0 saturated heterocycles. The summed E-state index contributed by atoms with van der Waals surface area (Å²) >= 11 is 10.3. The van der Waals surface area contributed by atoms with E-state index in [1.165, 1.54) is 0 Å². The second kappa shape index (κ2) is 14.0. The van der Waals surface area contributed by atoms with Gasteiger partial charge in [0.15, 0.2) is 0 Å².